The van der Waals surface area contributed by atoms with Crippen molar-refractivity contribution >= 4 is 6.03 Å². The zero-order valence-corrected chi connectivity index (χ0v) is 14.4. The summed E-state index contributed by atoms with van der Waals surface area (Å²) >= 11 is 0. The molecule has 1 atom stereocenters. The van der Waals surface area contributed by atoms with E-state index in [4.69, 9.17) is 14.2 Å². The number of morpholine rings is 1. The van der Waals surface area contributed by atoms with Crippen LogP contribution in [0.3, 0.4) is 0 Å². The summed E-state index contributed by atoms with van der Waals surface area (Å²) in [6.45, 7) is 5.96. The Bertz CT molecular complexity index is 618. The van der Waals surface area contributed by atoms with E-state index >= 15 is 0 Å². The third kappa shape index (κ3) is 3.67. The van der Waals surface area contributed by atoms with Crippen LogP contribution < -0.4 is 14.8 Å². The van der Waals surface area contributed by atoms with E-state index in [0.29, 0.717) is 12.6 Å². The topological polar surface area (TPSA) is 63.3 Å². The van der Waals surface area contributed by atoms with Crippen molar-refractivity contribution in [2.45, 2.75) is 25.4 Å². The van der Waals surface area contributed by atoms with Crippen molar-refractivity contribution in [3.05, 3.63) is 23.8 Å². The summed E-state index contributed by atoms with van der Waals surface area (Å²) in [4.78, 5) is 17.1. The van der Waals surface area contributed by atoms with Crippen LogP contribution in [0.1, 0.15) is 18.4 Å². The van der Waals surface area contributed by atoms with Gasteiger partial charge in [0.1, 0.15) is 0 Å². The summed E-state index contributed by atoms with van der Waals surface area (Å²) in [5.41, 5.74) is 0.951. The molecule has 0 aromatic heterocycles. The summed E-state index contributed by atoms with van der Waals surface area (Å²) in [5, 5.41) is 3.05. The molecule has 136 valence electrons. The van der Waals surface area contributed by atoms with Gasteiger partial charge in [-0.05, 0) is 18.9 Å². The summed E-state index contributed by atoms with van der Waals surface area (Å²) in [6, 6.07) is 6.06. The van der Waals surface area contributed by atoms with Crippen LogP contribution in [0.5, 0.6) is 11.5 Å². The smallest absolute Gasteiger partial charge is 0.317 e. The van der Waals surface area contributed by atoms with Crippen LogP contribution in [0.2, 0.25) is 0 Å². The first kappa shape index (κ1) is 16.5. The van der Waals surface area contributed by atoms with Gasteiger partial charge in [-0.15, -0.1) is 0 Å². The van der Waals surface area contributed by atoms with Gasteiger partial charge in [0.05, 0.1) is 13.2 Å². The Morgan fingerprint density at radius 2 is 2.08 bits per heavy atom. The number of fused-ring (bicyclic) bond motifs is 1. The van der Waals surface area contributed by atoms with E-state index in [1.54, 1.807) is 0 Å². The maximum atomic E-state index is 12.7. The third-order valence-electron chi connectivity index (χ3n) is 5.12. The maximum absolute atomic E-state index is 12.7. The summed E-state index contributed by atoms with van der Waals surface area (Å²) in [6.07, 6.45) is 2.14. The number of amides is 2. The van der Waals surface area contributed by atoms with Gasteiger partial charge in [0.25, 0.3) is 0 Å². The van der Waals surface area contributed by atoms with E-state index in [0.717, 1.165) is 69.3 Å². The minimum Gasteiger partial charge on any atom is -0.454 e. The van der Waals surface area contributed by atoms with Gasteiger partial charge in [-0.25, -0.2) is 4.79 Å². The highest BCUT2D eigenvalue weighted by Gasteiger charge is 2.30. The molecule has 0 saturated carbocycles. The molecule has 0 bridgehead atoms. The van der Waals surface area contributed by atoms with Crippen molar-refractivity contribution < 1.29 is 19.0 Å². The zero-order chi connectivity index (χ0) is 17.1. The van der Waals surface area contributed by atoms with Gasteiger partial charge >= 0.3 is 6.03 Å². The highest BCUT2D eigenvalue weighted by atomic mass is 16.7. The Labute approximate surface area is 147 Å². The van der Waals surface area contributed by atoms with Crippen molar-refractivity contribution in [3.8, 4) is 11.5 Å². The molecule has 3 aliphatic rings. The largest absolute Gasteiger partial charge is 0.454 e. The SMILES string of the molecule is O=C(NCc1cccc2c1OCO2)N1CCCC1CN1CCOCC1. The number of hydrogen-bond donors (Lipinski definition) is 1. The molecule has 3 heterocycles. The highest BCUT2D eigenvalue weighted by Crippen LogP contribution is 2.35. The lowest BCUT2D eigenvalue weighted by atomic mass is 10.2. The number of carbonyl (C=O) groups is 1. The van der Waals surface area contributed by atoms with Gasteiger partial charge in [-0.2, -0.15) is 0 Å². The quantitative estimate of drug-likeness (QED) is 0.893. The van der Waals surface area contributed by atoms with E-state index < -0.39 is 0 Å². The Kier molecular flexibility index (Phi) is 4.94. The first-order chi connectivity index (χ1) is 12.3. The van der Waals surface area contributed by atoms with Crippen molar-refractivity contribution in [2.75, 3.05) is 46.2 Å². The minimum absolute atomic E-state index is 0.00674. The Morgan fingerprint density at radius 3 is 2.96 bits per heavy atom. The molecule has 25 heavy (non-hydrogen) atoms. The second-order valence-electron chi connectivity index (χ2n) is 6.71. The van der Waals surface area contributed by atoms with Gasteiger partial charge in [0, 0.05) is 44.3 Å². The number of nitrogens with one attached hydrogen (secondary N) is 1. The molecule has 7 nitrogen and oxygen atoms in total. The zero-order valence-electron chi connectivity index (χ0n) is 14.4. The number of carbonyl (C=O) groups excluding carboxylic acids is 1. The second kappa shape index (κ2) is 7.49. The number of likely N-dealkylation sites (tertiary alicyclic amines) is 1. The summed E-state index contributed by atoms with van der Waals surface area (Å²) in [7, 11) is 0. The molecule has 0 spiro atoms. The number of nitrogens with zero attached hydrogens (tertiary/aromatic N) is 2. The number of rotatable bonds is 4. The van der Waals surface area contributed by atoms with Crippen LogP contribution >= 0.6 is 0 Å². The predicted molar refractivity (Wildman–Crippen MR) is 91.8 cm³/mol. The molecule has 2 fully saturated rings. The second-order valence-corrected chi connectivity index (χ2v) is 6.71. The first-order valence-corrected chi connectivity index (χ1v) is 9.03. The molecule has 2 saturated heterocycles. The summed E-state index contributed by atoms with van der Waals surface area (Å²) in [5.74, 6) is 1.49. The van der Waals surface area contributed by atoms with Crippen LogP contribution in [0.25, 0.3) is 0 Å². The fourth-order valence-electron chi connectivity index (χ4n) is 3.78. The number of benzene rings is 1. The van der Waals surface area contributed by atoms with Crippen LogP contribution in [-0.4, -0.2) is 68.1 Å². The molecule has 0 radical (unpaired) electrons. The fourth-order valence-corrected chi connectivity index (χ4v) is 3.78. The molecule has 3 aliphatic heterocycles. The fraction of sp³-hybridized carbons (Fsp3) is 0.611. The van der Waals surface area contributed by atoms with Crippen LogP contribution in [-0.2, 0) is 11.3 Å². The van der Waals surface area contributed by atoms with E-state index in [-0.39, 0.29) is 12.8 Å². The lowest BCUT2D eigenvalue weighted by Crippen LogP contribution is -2.49. The first-order valence-electron chi connectivity index (χ1n) is 9.03. The summed E-state index contributed by atoms with van der Waals surface area (Å²) < 4.78 is 16.3. The standard InChI is InChI=1S/C18H25N3O4/c22-18(19-11-14-3-1-5-16-17(14)25-13-24-16)21-6-2-4-15(21)12-20-7-9-23-10-8-20/h1,3,5,15H,2,4,6-13H2,(H,19,22). The molecule has 1 unspecified atom stereocenters. The lowest BCUT2D eigenvalue weighted by molar-refractivity contribution is 0.0292. The van der Waals surface area contributed by atoms with Crippen molar-refractivity contribution in [3.63, 3.8) is 0 Å². The molecule has 4 rings (SSSR count). The van der Waals surface area contributed by atoms with Gasteiger partial charge < -0.3 is 24.4 Å². The van der Waals surface area contributed by atoms with Gasteiger partial charge in [0.2, 0.25) is 6.79 Å². The maximum Gasteiger partial charge on any atom is 0.317 e. The average Bonchev–Trinajstić information content (AvgIpc) is 3.30. The van der Waals surface area contributed by atoms with Crippen molar-refractivity contribution in [1.82, 2.24) is 15.1 Å². The number of ether oxygens (including phenoxy) is 3. The van der Waals surface area contributed by atoms with Crippen LogP contribution in [0.4, 0.5) is 4.79 Å². The van der Waals surface area contributed by atoms with Gasteiger partial charge in [0.15, 0.2) is 11.5 Å². The third-order valence-corrected chi connectivity index (χ3v) is 5.12. The molecule has 1 aromatic carbocycles. The number of urea groups is 1. The van der Waals surface area contributed by atoms with Crippen LogP contribution in [0.15, 0.2) is 18.2 Å². The molecule has 0 aliphatic carbocycles. The van der Waals surface area contributed by atoms with E-state index in [1.807, 2.05) is 23.1 Å². The van der Waals surface area contributed by atoms with E-state index in [9.17, 15) is 4.79 Å². The highest BCUT2D eigenvalue weighted by molar-refractivity contribution is 5.75. The van der Waals surface area contributed by atoms with Crippen molar-refractivity contribution in [1.29, 1.82) is 0 Å². The van der Waals surface area contributed by atoms with Crippen molar-refractivity contribution in [2.24, 2.45) is 0 Å². The Morgan fingerprint density at radius 1 is 1.20 bits per heavy atom. The van der Waals surface area contributed by atoms with E-state index in [1.165, 1.54) is 0 Å². The van der Waals surface area contributed by atoms with E-state index in [2.05, 4.69) is 10.2 Å². The molecular weight excluding hydrogens is 322 g/mol. The lowest BCUT2D eigenvalue weighted by Gasteiger charge is -2.33. The number of para-hydroxylation sites is 1. The normalized spacial score (nSPS) is 23.0. The van der Waals surface area contributed by atoms with Crippen LogP contribution in [0, 0.1) is 0 Å². The molecule has 1 aromatic rings. The predicted octanol–water partition coefficient (Wildman–Crippen LogP) is 1.42. The molecule has 1 N–H and O–H groups in total. The van der Waals surface area contributed by atoms with Gasteiger partial charge in [-0.1, -0.05) is 12.1 Å². The molecule has 2 amide bonds. The average molecular weight is 347 g/mol. The molecule has 7 heteroatoms. The Hall–Kier alpha value is -1.99. The number of hydrogen-bond acceptors (Lipinski definition) is 5. The molecular formula is C18H25N3O4. The minimum atomic E-state index is 0.00674. The Balaban J connectivity index is 1.33. The van der Waals surface area contributed by atoms with Gasteiger partial charge in [-0.3, -0.25) is 4.90 Å². The monoisotopic (exact) mass is 347 g/mol.